The van der Waals surface area contributed by atoms with Crippen LogP contribution in [0.1, 0.15) is 43.5 Å². The number of aryl methyl sites for hydroxylation is 1. The van der Waals surface area contributed by atoms with Gasteiger partial charge in [-0.1, -0.05) is 61.5 Å². The number of sulfonamides is 1. The lowest BCUT2D eigenvalue weighted by molar-refractivity contribution is 0.426. The fraction of sp³-hybridized carbons (Fsp3) is 0.348. The number of rotatable bonds is 6. The van der Waals surface area contributed by atoms with Gasteiger partial charge in [-0.3, -0.25) is 0 Å². The van der Waals surface area contributed by atoms with E-state index in [2.05, 4.69) is 35.9 Å². The monoisotopic (exact) mass is 410 g/mol. The summed E-state index contributed by atoms with van der Waals surface area (Å²) in [5, 5.41) is 4.05. The molecule has 0 atom stereocenters. The Morgan fingerprint density at radius 3 is 2.52 bits per heavy atom. The molecule has 4 rings (SSSR count). The average Bonchev–Trinajstić information content (AvgIpc) is 3.11. The van der Waals surface area contributed by atoms with Crippen LogP contribution in [0.5, 0.6) is 0 Å². The topological polar surface area (TPSA) is 72.2 Å². The summed E-state index contributed by atoms with van der Waals surface area (Å²) < 4.78 is 34.4. The van der Waals surface area contributed by atoms with Crippen LogP contribution in [-0.4, -0.2) is 13.6 Å². The van der Waals surface area contributed by atoms with Crippen molar-refractivity contribution in [2.45, 2.75) is 50.8 Å². The van der Waals surface area contributed by atoms with Crippen LogP contribution in [-0.2, 0) is 29.3 Å². The molecule has 29 heavy (non-hydrogen) atoms. The molecule has 6 heteroatoms. The molecule has 0 bridgehead atoms. The highest BCUT2D eigenvalue weighted by Gasteiger charge is 2.25. The Balaban J connectivity index is 1.66. The molecule has 3 aromatic rings. The van der Waals surface area contributed by atoms with Crippen molar-refractivity contribution in [3.63, 3.8) is 0 Å². The number of aromatic nitrogens is 1. The minimum atomic E-state index is -3.81. The summed E-state index contributed by atoms with van der Waals surface area (Å²) in [5.41, 5.74) is 4.54. The van der Waals surface area contributed by atoms with Crippen molar-refractivity contribution in [3.8, 4) is 11.1 Å². The van der Waals surface area contributed by atoms with Gasteiger partial charge >= 0.3 is 0 Å². The van der Waals surface area contributed by atoms with Gasteiger partial charge in [0, 0.05) is 11.1 Å². The summed E-state index contributed by atoms with van der Waals surface area (Å²) >= 11 is 0. The van der Waals surface area contributed by atoms with Crippen molar-refractivity contribution in [1.82, 2.24) is 5.16 Å². The highest BCUT2D eigenvalue weighted by molar-refractivity contribution is 7.92. The maximum Gasteiger partial charge on any atom is 0.264 e. The first-order valence-electron chi connectivity index (χ1n) is 10.1. The smallest absolute Gasteiger partial charge is 0.264 e. The maximum atomic E-state index is 13.2. The highest BCUT2D eigenvalue weighted by Crippen LogP contribution is 2.32. The van der Waals surface area contributed by atoms with E-state index in [1.807, 2.05) is 24.3 Å². The first kappa shape index (κ1) is 19.7. The maximum absolute atomic E-state index is 13.2. The Morgan fingerprint density at radius 1 is 1.03 bits per heavy atom. The number of benzene rings is 2. The number of anilines is 1. The summed E-state index contributed by atoms with van der Waals surface area (Å²) in [6.45, 7) is 4.37. The van der Waals surface area contributed by atoms with E-state index in [4.69, 9.17) is 4.52 Å². The molecule has 1 aliphatic carbocycles. The van der Waals surface area contributed by atoms with Crippen LogP contribution in [0.3, 0.4) is 0 Å². The quantitative estimate of drug-likeness (QED) is 0.605. The molecule has 152 valence electrons. The van der Waals surface area contributed by atoms with E-state index in [0.717, 1.165) is 48.9 Å². The molecule has 0 aliphatic heterocycles. The molecule has 0 saturated heterocycles. The molecule has 1 N–H and O–H groups in total. The lowest BCUT2D eigenvalue weighted by Gasteiger charge is -2.13. The lowest BCUT2D eigenvalue weighted by Crippen LogP contribution is -2.15. The molecule has 0 radical (unpaired) electrons. The van der Waals surface area contributed by atoms with Crippen molar-refractivity contribution < 1.29 is 12.9 Å². The van der Waals surface area contributed by atoms with Gasteiger partial charge in [-0.25, -0.2) is 13.1 Å². The number of nitrogens with zero attached hydrogens (tertiary/aromatic N) is 1. The van der Waals surface area contributed by atoms with E-state index >= 15 is 0 Å². The molecular weight excluding hydrogens is 384 g/mol. The number of fused-ring (bicyclic) bond motifs is 1. The predicted octanol–water partition coefficient (Wildman–Crippen LogP) is 5.22. The van der Waals surface area contributed by atoms with Gasteiger partial charge in [0.2, 0.25) is 5.88 Å². The number of nitrogens with one attached hydrogen (secondary N) is 1. The zero-order chi connectivity index (χ0) is 20.4. The first-order chi connectivity index (χ1) is 13.9. The van der Waals surface area contributed by atoms with E-state index < -0.39 is 10.0 Å². The summed E-state index contributed by atoms with van der Waals surface area (Å²) in [7, 11) is -3.81. The molecule has 0 amide bonds. The SMILES string of the molecule is CC(C)Cc1ccc(-c2ccccc2S(=O)(=O)Nc2onc3c2CCCC3)cc1. The first-order valence-corrected chi connectivity index (χ1v) is 11.6. The van der Waals surface area contributed by atoms with E-state index in [-0.39, 0.29) is 10.8 Å². The third kappa shape index (κ3) is 4.22. The Morgan fingerprint density at radius 2 is 1.76 bits per heavy atom. The zero-order valence-corrected chi connectivity index (χ0v) is 17.6. The van der Waals surface area contributed by atoms with E-state index in [1.54, 1.807) is 12.1 Å². The molecule has 0 saturated carbocycles. The molecule has 2 aromatic carbocycles. The fourth-order valence-electron chi connectivity index (χ4n) is 3.88. The van der Waals surface area contributed by atoms with Crippen LogP contribution >= 0.6 is 0 Å². The lowest BCUT2D eigenvalue weighted by atomic mass is 9.98. The highest BCUT2D eigenvalue weighted by atomic mass is 32.2. The predicted molar refractivity (Wildman–Crippen MR) is 114 cm³/mol. The molecule has 1 aromatic heterocycles. The Kier molecular flexibility index (Phi) is 5.46. The zero-order valence-electron chi connectivity index (χ0n) is 16.8. The Bertz CT molecular complexity index is 1100. The normalized spacial score (nSPS) is 14.0. The molecule has 1 aliphatic rings. The molecular formula is C23H26N2O3S. The van der Waals surface area contributed by atoms with E-state index in [9.17, 15) is 8.42 Å². The van der Waals surface area contributed by atoms with Crippen LogP contribution in [0.4, 0.5) is 5.88 Å². The van der Waals surface area contributed by atoms with Gasteiger partial charge < -0.3 is 4.52 Å². The van der Waals surface area contributed by atoms with Crippen molar-refractivity contribution in [3.05, 3.63) is 65.4 Å². The summed E-state index contributed by atoms with van der Waals surface area (Å²) in [4.78, 5) is 0.234. The fourth-order valence-corrected chi connectivity index (χ4v) is 5.13. The van der Waals surface area contributed by atoms with Gasteiger partial charge in [-0.05, 0) is 55.2 Å². The largest absolute Gasteiger partial charge is 0.337 e. The van der Waals surface area contributed by atoms with Crippen molar-refractivity contribution in [2.24, 2.45) is 5.92 Å². The minimum absolute atomic E-state index is 0.234. The van der Waals surface area contributed by atoms with Gasteiger partial charge in [0.05, 0.1) is 10.6 Å². The molecule has 0 spiro atoms. The minimum Gasteiger partial charge on any atom is -0.337 e. The molecule has 0 unspecified atom stereocenters. The second-order valence-corrected chi connectivity index (χ2v) is 9.69. The van der Waals surface area contributed by atoms with Crippen LogP contribution in [0.2, 0.25) is 0 Å². The Labute approximate surface area is 172 Å². The molecule has 0 fully saturated rings. The van der Waals surface area contributed by atoms with Gasteiger partial charge in [0.15, 0.2) is 0 Å². The van der Waals surface area contributed by atoms with Crippen LogP contribution in [0.15, 0.2) is 57.9 Å². The van der Waals surface area contributed by atoms with Gasteiger partial charge in [-0.2, -0.15) is 0 Å². The van der Waals surface area contributed by atoms with Crippen LogP contribution in [0.25, 0.3) is 11.1 Å². The van der Waals surface area contributed by atoms with Crippen molar-refractivity contribution in [1.29, 1.82) is 0 Å². The van der Waals surface area contributed by atoms with Crippen molar-refractivity contribution in [2.75, 3.05) is 4.72 Å². The average molecular weight is 411 g/mol. The second-order valence-electron chi connectivity index (χ2n) is 8.04. The van der Waals surface area contributed by atoms with Gasteiger partial charge in [0.1, 0.15) is 0 Å². The summed E-state index contributed by atoms with van der Waals surface area (Å²) in [5.74, 6) is 0.826. The van der Waals surface area contributed by atoms with Gasteiger partial charge in [0.25, 0.3) is 10.0 Å². The third-order valence-corrected chi connectivity index (χ3v) is 6.66. The standard InChI is InChI=1S/C23H26N2O3S/c1-16(2)15-17-11-13-18(14-12-17)19-7-4-6-10-22(19)29(26,27)25-23-20-8-3-5-9-21(20)24-28-23/h4,6-7,10-14,16,25H,3,5,8-9,15H2,1-2H3. The van der Waals surface area contributed by atoms with Crippen molar-refractivity contribution >= 4 is 15.9 Å². The number of hydrogen-bond acceptors (Lipinski definition) is 4. The number of hydrogen-bond donors (Lipinski definition) is 1. The van der Waals surface area contributed by atoms with E-state index in [0.29, 0.717) is 11.5 Å². The van der Waals surface area contributed by atoms with Gasteiger partial charge in [-0.15, -0.1) is 0 Å². The van der Waals surface area contributed by atoms with E-state index in [1.165, 1.54) is 5.56 Å². The second kappa shape index (κ2) is 8.03. The summed E-state index contributed by atoms with van der Waals surface area (Å²) in [6, 6.07) is 15.2. The van der Waals surface area contributed by atoms with Crippen LogP contribution < -0.4 is 4.72 Å². The van der Waals surface area contributed by atoms with Crippen LogP contribution in [0, 0.1) is 5.92 Å². The third-order valence-electron chi connectivity index (χ3n) is 5.27. The molecule has 5 nitrogen and oxygen atoms in total. The Hall–Kier alpha value is -2.60. The summed E-state index contributed by atoms with van der Waals surface area (Å²) in [6.07, 6.45) is 4.69. The molecule has 1 heterocycles.